The van der Waals surface area contributed by atoms with Crippen molar-refractivity contribution in [1.82, 2.24) is 15.3 Å². The molecule has 3 rings (SSSR count). The molecule has 0 aromatic carbocycles. The Labute approximate surface area is 197 Å². The quantitative estimate of drug-likeness (QED) is 0.547. The number of carbonyl (C=O) groups excluding carboxylic acids is 1. The molecule has 5 atom stereocenters. The molecule has 2 N–H and O–H groups in total. The second-order valence-electron chi connectivity index (χ2n) is 9.86. The molecule has 1 aromatic heterocycles. The zero-order valence-electron chi connectivity index (χ0n) is 19.6. The molecular formula is C22H36ClN5O3S. The van der Waals surface area contributed by atoms with Crippen molar-refractivity contribution in [2.45, 2.75) is 83.8 Å². The predicted octanol–water partition coefficient (Wildman–Crippen LogP) is 3.39. The van der Waals surface area contributed by atoms with Gasteiger partial charge in [0.05, 0.1) is 11.7 Å². The average molecular weight is 486 g/mol. The summed E-state index contributed by atoms with van der Waals surface area (Å²) >= 11 is 6.37. The molecule has 1 aliphatic heterocycles. The number of alkyl halides is 1. The Balaban J connectivity index is 1.75. The number of piperidine rings is 1. The summed E-state index contributed by atoms with van der Waals surface area (Å²) in [5.41, 5.74) is 0. The van der Waals surface area contributed by atoms with Crippen LogP contribution in [0.3, 0.4) is 0 Å². The van der Waals surface area contributed by atoms with Crippen molar-refractivity contribution < 1.29 is 13.2 Å². The highest BCUT2D eigenvalue weighted by molar-refractivity contribution is 7.92. The van der Waals surface area contributed by atoms with Crippen LogP contribution in [0.1, 0.15) is 60.3 Å². The summed E-state index contributed by atoms with van der Waals surface area (Å²) in [7, 11) is -3.53. The van der Waals surface area contributed by atoms with Gasteiger partial charge in [0.25, 0.3) is 0 Å². The number of rotatable bonds is 8. The molecule has 0 spiro atoms. The zero-order chi connectivity index (χ0) is 23.6. The molecule has 1 amide bonds. The van der Waals surface area contributed by atoms with Crippen LogP contribution in [-0.4, -0.2) is 53.5 Å². The van der Waals surface area contributed by atoms with Gasteiger partial charge in [-0.25, -0.2) is 13.4 Å². The van der Waals surface area contributed by atoms with Crippen LogP contribution in [0.15, 0.2) is 12.3 Å². The number of nitrogens with zero attached hydrogens (tertiary/aromatic N) is 3. The van der Waals surface area contributed by atoms with Gasteiger partial charge in [-0.3, -0.25) is 9.10 Å². The van der Waals surface area contributed by atoms with Crippen molar-refractivity contribution in [2.75, 3.05) is 15.4 Å². The minimum Gasteiger partial charge on any atom is -0.353 e. The van der Waals surface area contributed by atoms with Gasteiger partial charge in [-0.2, -0.15) is 4.98 Å². The topological polar surface area (TPSA) is 104 Å². The molecule has 0 bridgehead atoms. The Bertz CT molecular complexity index is 911. The fourth-order valence-corrected chi connectivity index (χ4v) is 7.27. The summed E-state index contributed by atoms with van der Waals surface area (Å²) in [4.78, 5) is 21.5. The maximum absolute atomic E-state index is 12.9. The van der Waals surface area contributed by atoms with Gasteiger partial charge in [0.15, 0.2) is 0 Å². The molecule has 2 aliphatic rings. The van der Waals surface area contributed by atoms with Gasteiger partial charge < -0.3 is 10.6 Å². The first-order valence-electron chi connectivity index (χ1n) is 11.5. The minimum absolute atomic E-state index is 0.00159. The van der Waals surface area contributed by atoms with E-state index in [1.54, 1.807) is 12.3 Å². The standard InChI is InChI=1S/C22H36ClN5O3S/c1-13(2)12-32(30,31)28(14(3)4)20-8-9-24-22(27-20)25-15(5)18-11-16-10-17(23)6-7-19(16)26-21(18)29/h8-9,13-19H,6-7,10-12H2,1-5H3,(H,26,29)(H,24,25,27)/t15-,16?,17?,18?,19?/m0/s1. The average Bonchev–Trinajstić information content (AvgIpc) is 2.66. The van der Waals surface area contributed by atoms with Crippen LogP contribution in [-0.2, 0) is 14.8 Å². The number of fused-ring (bicyclic) bond motifs is 1. The monoisotopic (exact) mass is 485 g/mol. The second kappa shape index (κ2) is 10.1. The van der Waals surface area contributed by atoms with E-state index in [1.165, 1.54) is 4.31 Å². The van der Waals surface area contributed by atoms with Gasteiger partial charge in [0.2, 0.25) is 21.9 Å². The fraction of sp³-hybridized carbons (Fsp3) is 0.773. The second-order valence-corrected chi connectivity index (χ2v) is 12.4. The third kappa shape index (κ3) is 5.84. The third-order valence-corrected chi connectivity index (χ3v) is 8.97. The lowest BCUT2D eigenvalue weighted by atomic mass is 9.74. The van der Waals surface area contributed by atoms with Crippen LogP contribution in [0.4, 0.5) is 11.8 Å². The van der Waals surface area contributed by atoms with Gasteiger partial charge in [0, 0.05) is 35.8 Å². The lowest BCUT2D eigenvalue weighted by Crippen LogP contribution is -2.55. The first kappa shape index (κ1) is 25.0. The molecule has 4 unspecified atom stereocenters. The lowest BCUT2D eigenvalue weighted by Gasteiger charge is -2.42. The van der Waals surface area contributed by atoms with Crippen LogP contribution in [0.25, 0.3) is 0 Å². The number of nitrogens with one attached hydrogen (secondary N) is 2. The fourth-order valence-electron chi connectivity index (χ4n) is 4.89. The Kier molecular flexibility index (Phi) is 7.91. The van der Waals surface area contributed by atoms with Crippen molar-refractivity contribution in [2.24, 2.45) is 17.8 Å². The highest BCUT2D eigenvalue weighted by atomic mass is 35.5. The molecule has 10 heteroatoms. The summed E-state index contributed by atoms with van der Waals surface area (Å²) in [5.74, 6) is 0.880. The molecule has 180 valence electrons. The number of halogens is 1. The maximum Gasteiger partial charge on any atom is 0.236 e. The van der Waals surface area contributed by atoms with Crippen molar-refractivity contribution in [3.8, 4) is 0 Å². The van der Waals surface area contributed by atoms with Crippen LogP contribution in [0.2, 0.25) is 0 Å². The van der Waals surface area contributed by atoms with Crippen molar-refractivity contribution in [3.05, 3.63) is 12.3 Å². The Morgan fingerprint density at radius 1 is 1.22 bits per heavy atom. The SMILES string of the molecule is CC(C)CS(=O)(=O)N(c1ccnc(N[C@@H](C)C2CC3CC(Cl)CCC3NC2=O)n1)C(C)C. The molecule has 8 nitrogen and oxygen atoms in total. The molecule has 0 radical (unpaired) electrons. The van der Waals surface area contributed by atoms with Gasteiger partial charge in [-0.1, -0.05) is 13.8 Å². The van der Waals surface area contributed by atoms with Crippen molar-refractivity contribution in [3.63, 3.8) is 0 Å². The molecule has 1 aliphatic carbocycles. The number of hydrogen-bond donors (Lipinski definition) is 2. The van der Waals surface area contributed by atoms with Gasteiger partial charge in [-0.15, -0.1) is 11.6 Å². The highest BCUT2D eigenvalue weighted by Gasteiger charge is 2.41. The highest BCUT2D eigenvalue weighted by Crippen LogP contribution is 2.37. The molecule has 2 heterocycles. The number of aromatic nitrogens is 2. The molecule has 32 heavy (non-hydrogen) atoms. The van der Waals surface area contributed by atoms with E-state index < -0.39 is 10.0 Å². The van der Waals surface area contributed by atoms with E-state index in [-0.39, 0.29) is 47.0 Å². The van der Waals surface area contributed by atoms with E-state index in [0.29, 0.717) is 17.7 Å². The summed E-state index contributed by atoms with van der Waals surface area (Å²) in [6.07, 6.45) is 5.11. The zero-order valence-corrected chi connectivity index (χ0v) is 21.2. The van der Waals surface area contributed by atoms with Crippen LogP contribution < -0.4 is 14.9 Å². The largest absolute Gasteiger partial charge is 0.353 e. The van der Waals surface area contributed by atoms with Crippen molar-refractivity contribution >= 4 is 39.3 Å². The van der Waals surface area contributed by atoms with E-state index in [2.05, 4.69) is 20.6 Å². The van der Waals surface area contributed by atoms with E-state index in [1.807, 2.05) is 34.6 Å². The normalized spacial score (nSPS) is 27.1. The van der Waals surface area contributed by atoms with Crippen LogP contribution in [0, 0.1) is 17.8 Å². The number of carbonyl (C=O) groups is 1. The summed E-state index contributed by atoms with van der Waals surface area (Å²) in [6, 6.07) is 1.33. The van der Waals surface area contributed by atoms with E-state index in [0.717, 1.165) is 25.7 Å². The van der Waals surface area contributed by atoms with Crippen LogP contribution in [0.5, 0.6) is 0 Å². The van der Waals surface area contributed by atoms with Gasteiger partial charge in [-0.05, 0) is 58.3 Å². The summed E-state index contributed by atoms with van der Waals surface area (Å²) in [6.45, 7) is 9.35. The number of hydrogen-bond acceptors (Lipinski definition) is 6. The van der Waals surface area contributed by atoms with Gasteiger partial charge >= 0.3 is 0 Å². The number of amides is 1. The third-order valence-electron chi connectivity index (χ3n) is 6.28. The Morgan fingerprint density at radius 2 is 1.94 bits per heavy atom. The van der Waals surface area contributed by atoms with Crippen molar-refractivity contribution in [1.29, 1.82) is 0 Å². The predicted molar refractivity (Wildman–Crippen MR) is 128 cm³/mol. The van der Waals surface area contributed by atoms with E-state index in [9.17, 15) is 13.2 Å². The first-order valence-corrected chi connectivity index (χ1v) is 13.6. The smallest absolute Gasteiger partial charge is 0.236 e. The molecular weight excluding hydrogens is 450 g/mol. The summed E-state index contributed by atoms with van der Waals surface area (Å²) in [5, 5.41) is 6.58. The lowest BCUT2D eigenvalue weighted by molar-refractivity contribution is -0.130. The Morgan fingerprint density at radius 3 is 2.59 bits per heavy atom. The number of anilines is 2. The van der Waals surface area contributed by atoms with Gasteiger partial charge in [0.1, 0.15) is 5.82 Å². The maximum atomic E-state index is 12.9. The Hall–Kier alpha value is -1.61. The van der Waals surface area contributed by atoms with Crippen LogP contribution >= 0.6 is 11.6 Å². The molecule has 2 fully saturated rings. The first-order chi connectivity index (χ1) is 15.0. The van der Waals surface area contributed by atoms with E-state index in [4.69, 9.17) is 11.6 Å². The molecule has 1 saturated heterocycles. The van der Waals surface area contributed by atoms with E-state index >= 15 is 0 Å². The minimum atomic E-state index is -3.53. The molecule has 1 saturated carbocycles. The number of sulfonamides is 1. The molecule has 1 aromatic rings. The summed E-state index contributed by atoms with van der Waals surface area (Å²) < 4.78 is 27.2.